The molecule has 0 bridgehead atoms. The van der Waals surface area contributed by atoms with Crippen molar-refractivity contribution in [3.05, 3.63) is 63.5 Å². The van der Waals surface area contributed by atoms with Crippen LogP contribution in [0.4, 0.5) is 10.5 Å². The topological polar surface area (TPSA) is 81.7 Å². The van der Waals surface area contributed by atoms with Gasteiger partial charge in [-0.1, -0.05) is 45.9 Å². The number of hydrogen-bond donors (Lipinski definition) is 3. The molecule has 0 aromatic heterocycles. The second-order valence-corrected chi connectivity index (χ2v) is 7.74. The molecule has 1 aliphatic heterocycles. The number of rotatable bonds is 3. The number of anilines is 1. The van der Waals surface area contributed by atoms with Crippen LogP contribution in [0.25, 0.3) is 6.08 Å². The van der Waals surface area contributed by atoms with Gasteiger partial charge >= 0.3 is 6.03 Å². The molecule has 0 saturated carbocycles. The number of para-hydroxylation sites is 1. The van der Waals surface area contributed by atoms with Crippen LogP contribution in [-0.4, -0.2) is 26.4 Å². The van der Waals surface area contributed by atoms with Gasteiger partial charge in [0, 0.05) is 15.7 Å². The highest BCUT2D eigenvalue weighted by Crippen LogP contribution is 2.33. The fourth-order valence-electron chi connectivity index (χ4n) is 2.13. The minimum absolute atomic E-state index is 0.0354. The number of hydrogen-bond acceptors (Lipinski definition) is 5. The molecule has 1 aliphatic rings. The predicted molar refractivity (Wildman–Crippen MR) is 109 cm³/mol. The Morgan fingerprint density at radius 2 is 1.96 bits per heavy atom. The van der Waals surface area contributed by atoms with Crippen LogP contribution in [-0.2, 0) is 4.79 Å². The van der Waals surface area contributed by atoms with Gasteiger partial charge in [0.15, 0.2) is 4.32 Å². The molecule has 3 amide bonds. The molecule has 2 aromatic carbocycles. The Bertz CT molecular complexity index is 919. The molecule has 2 aromatic rings. The normalized spacial score (nSPS) is 15.4. The minimum Gasteiger partial charge on any atom is -0.507 e. The molecule has 0 unspecified atom stereocenters. The molecular weight excluding hydrogens is 438 g/mol. The van der Waals surface area contributed by atoms with E-state index in [1.807, 2.05) is 6.07 Å². The van der Waals surface area contributed by atoms with Gasteiger partial charge in [-0.2, -0.15) is 5.01 Å². The maximum absolute atomic E-state index is 12.5. The molecule has 0 atom stereocenters. The lowest BCUT2D eigenvalue weighted by atomic mass is 10.2. The molecule has 9 heteroatoms. The third kappa shape index (κ3) is 4.24. The van der Waals surface area contributed by atoms with E-state index in [0.717, 1.165) is 21.2 Å². The number of aromatic hydroxyl groups is 1. The van der Waals surface area contributed by atoms with E-state index >= 15 is 0 Å². The summed E-state index contributed by atoms with van der Waals surface area (Å²) in [5, 5.41) is 13.5. The largest absolute Gasteiger partial charge is 0.507 e. The van der Waals surface area contributed by atoms with Crippen LogP contribution in [0.2, 0.25) is 0 Å². The number of phenols is 1. The highest BCUT2D eigenvalue weighted by Gasteiger charge is 2.33. The van der Waals surface area contributed by atoms with Gasteiger partial charge in [0.25, 0.3) is 5.91 Å². The lowest BCUT2D eigenvalue weighted by Crippen LogP contribution is -2.46. The van der Waals surface area contributed by atoms with E-state index in [0.29, 0.717) is 16.2 Å². The monoisotopic (exact) mass is 449 g/mol. The van der Waals surface area contributed by atoms with Gasteiger partial charge in [-0.05, 0) is 48.6 Å². The molecule has 0 aliphatic carbocycles. The Morgan fingerprint density at radius 1 is 1.23 bits per heavy atom. The number of nitrogens with one attached hydrogen (secondary N) is 2. The summed E-state index contributed by atoms with van der Waals surface area (Å²) in [7, 11) is 0. The quantitative estimate of drug-likeness (QED) is 0.485. The molecule has 0 spiro atoms. The molecule has 26 heavy (non-hydrogen) atoms. The first-order chi connectivity index (χ1) is 12.4. The maximum atomic E-state index is 12.5. The Hall–Kier alpha value is -2.36. The zero-order valence-corrected chi connectivity index (χ0v) is 16.3. The summed E-state index contributed by atoms with van der Waals surface area (Å²) in [4.78, 5) is 24.9. The van der Waals surface area contributed by atoms with Crippen molar-refractivity contribution in [1.82, 2.24) is 10.4 Å². The van der Waals surface area contributed by atoms with E-state index in [1.54, 1.807) is 36.4 Å². The highest BCUT2D eigenvalue weighted by molar-refractivity contribution is 9.10. The Kier molecular flexibility index (Phi) is 5.60. The number of urea groups is 1. The molecule has 1 heterocycles. The second-order valence-electron chi connectivity index (χ2n) is 5.15. The van der Waals surface area contributed by atoms with Crippen LogP contribution in [0.5, 0.6) is 5.75 Å². The third-order valence-corrected chi connectivity index (χ3v) is 5.11. The number of thiocarbonyl (C=S) groups is 1. The van der Waals surface area contributed by atoms with Gasteiger partial charge in [-0.3, -0.25) is 4.79 Å². The highest BCUT2D eigenvalue weighted by atomic mass is 79.9. The molecule has 3 rings (SSSR count). The second kappa shape index (κ2) is 7.90. The van der Waals surface area contributed by atoms with Crippen molar-refractivity contribution in [3.8, 4) is 5.75 Å². The number of carbonyl (C=O) groups excluding carboxylic acids is 2. The molecule has 132 valence electrons. The van der Waals surface area contributed by atoms with Crippen molar-refractivity contribution < 1.29 is 14.7 Å². The van der Waals surface area contributed by atoms with Gasteiger partial charge in [0.1, 0.15) is 5.75 Å². The fourth-order valence-corrected chi connectivity index (χ4v) is 3.68. The average molecular weight is 450 g/mol. The summed E-state index contributed by atoms with van der Waals surface area (Å²) < 4.78 is 0.955. The minimum atomic E-state index is -0.584. The summed E-state index contributed by atoms with van der Waals surface area (Å²) in [6.45, 7) is 0. The van der Waals surface area contributed by atoms with Crippen LogP contribution in [0.3, 0.4) is 0 Å². The average Bonchev–Trinajstić information content (AvgIpc) is 2.86. The zero-order valence-electron chi connectivity index (χ0n) is 13.1. The number of nitrogens with zero attached hydrogens (tertiary/aromatic N) is 1. The van der Waals surface area contributed by atoms with E-state index in [4.69, 9.17) is 12.2 Å². The Labute approximate surface area is 167 Å². The molecule has 1 fully saturated rings. The Balaban J connectivity index is 1.73. The first-order valence-corrected chi connectivity index (χ1v) is 9.35. The van der Waals surface area contributed by atoms with Crippen LogP contribution < -0.4 is 10.7 Å². The zero-order chi connectivity index (χ0) is 18.7. The molecule has 3 N–H and O–H groups in total. The number of hydrazine groups is 1. The summed E-state index contributed by atoms with van der Waals surface area (Å²) in [5.74, 6) is -0.434. The number of benzene rings is 2. The van der Waals surface area contributed by atoms with E-state index in [2.05, 4.69) is 26.7 Å². The van der Waals surface area contributed by atoms with Crippen molar-refractivity contribution in [3.63, 3.8) is 0 Å². The molecule has 6 nitrogen and oxygen atoms in total. The van der Waals surface area contributed by atoms with Gasteiger partial charge in [0.05, 0.1) is 4.91 Å². The Morgan fingerprint density at radius 3 is 2.69 bits per heavy atom. The summed E-state index contributed by atoms with van der Waals surface area (Å²) in [5.41, 5.74) is 3.48. The lowest BCUT2D eigenvalue weighted by Gasteiger charge is -2.16. The number of thioether (sulfide) groups is 1. The number of amides is 3. The first kappa shape index (κ1) is 18.4. The lowest BCUT2D eigenvalue weighted by molar-refractivity contribution is -0.123. The summed E-state index contributed by atoms with van der Waals surface area (Å²) in [6, 6.07) is 13.1. The van der Waals surface area contributed by atoms with Gasteiger partial charge < -0.3 is 10.4 Å². The fraction of sp³-hybridized carbons (Fsp3) is 0. The molecule has 0 radical (unpaired) electrons. The van der Waals surface area contributed by atoms with Crippen molar-refractivity contribution in [2.45, 2.75) is 0 Å². The van der Waals surface area contributed by atoms with Crippen molar-refractivity contribution >= 4 is 67.9 Å². The molecule has 1 saturated heterocycles. The first-order valence-electron chi connectivity index (χ1n) is 7.33. The standard InChI is InChI=1S/C17H12BrN3O3S2/c18-11-6-7-13(22)10(8-11)9-14-15(23)21(17(25)26-14)20-16(24)19-12-4-2-1-3-5-12/h1-9,22H,(H2,19,20,24). The number of halogens is 1. The predicted octanol–water partition coefficient (Wildman–Crippen LogP) is 4.09. The summed E-state index contributed by atoms with van der Waals surface area (Å²) >= 11 is 9.52. The van der Waals surface area contributed by atoms with Crippen molar-refractivity contribution in [2.24, 2.45) is 0 Å². The van der Waals surface area contributed by atoms with E-state index in [9.17, 15) is 14.7 Å². The smallest absolute Gasteiger partial charge is 0.338 e. The van der Waals surface area contributed by atoms with Crippen LogP contribution in [0, 0.1) is 0 Å². The van der Waals surface area contributed by atoms with E-state index < -0.39 is 11.9 Å². The van der Waals surface area contributed by atoms with Gasteiger partial charge in [-0.15, -0.1) is 0 Å². The van der Waals surface area contributed by atoms with Gasteiger partial charge in [-0.25, -0.2) is 10.2 Å². The SMILES string of the molecule is O=C(Nc1ccccc1)NN1C(=O)C(=Cc2cc(Br)ccc2O)SC1=S. The summed E-state index contributed by atoms with van der Waals surface area (Å²) in [6.07, 6.45) is 1.52. The van der Waals surface area contributed by atoms with E-state index in [-0.39, 0.29) is 10.1 Å². The van der Waals surface area contributed by atoms with Crippen LogP contribution in [0.15, 0.2) is 57.9 Å². The van der Waals surface area contributed by atoms with Crippen molar-refractivity contribution in [1.29, 1.82) is 0 Å². The van der Waals surface area contributed by atoms with Gasteiger partial charge in [0.2, 0.25) is 0 Å². The van der Waals surface area contributed by atoms with Crippen molar-refractivity contribution in [2.75, 3.05) is 5.32 Å². The number of phenolic OH excluding ortho intramolecular Hbond substituents is 1. The maximum Gasteiger partial charge on any atom is 0.338 e. The third-order valence-electron chi connectivity index (χ3n) is 3.31. The number of carbonyl (C=O) groups is 2. The molecular formula is C17H12BrN3O3S2. The van der Waals surface area contributed by atoms with Crippen LogP contribution >= 0.6 is 39.9 Å². The van der Waals surface area contributed by atoms with Crippen LogP contribution in [0.1, 0.15) is 5.56 Å². The van der Waals surface area contributed by atoms with E-state index in [1.165, 1.54) is 12.1 Å².